The standard InChI is InChI=1S/C16H16FN5O2/c17-12-3-1-11(2-4-12)9-22-6-5-21(10-15(22)23)14-8-19-7-13(20-14)16(18)24/h1-4,7-8H,5-6,9-10H2,(H2,18,24). The molecule has 0 unspecified atom stereocenters. The van der Waals surface area contributed by atoms with Crippen molar-refractivity contribution in [1.29, 1.82) is 0 Å². The van der Waals surface area contributed by atoms with E-state index in [0.717, 1.165) is 5.56 Å². The normalized spacial score (nSPS) is 14.8. The second-order valence-corrected chi connectivity index (χ2v) is 5.49. The highest BCUT2D eigenvalue weighted by molar-refractivity contribution is 5.91. The van der Waals surface area contributed by atoms with Gasteiger partial charge in [0.1, 0.15) is 17.3 Å². The van der Waals surface area contributed by atoms with Crippen LogP contribution in [0.5, 0.6) is 0 Å². The van der Waals surface area contributed by atoms with Crippen LogP contribution in [0.3, 0.4) is 0 Å². The summed E-state index contributed by atoms with van der Waals surface area (Å²) in [6.45, 7) is 1.63. The van der Waals surface area contributed by atoms with E-state index in [1.165, 1.54) is 24.5 Å². The average molecular weight is 329 g/mol. The summed E-state index contributed by atoms with van der Waals surface area (Å²) in [5.41, 5.74) is 6.13. The molecule has 1 aliphatic rings. The number of anilines is 1. The minimum absolute atomic E-state index is 0.0636. The number of piperazine rings is 1. The predicted octanol–water partition coefficient (Wildman–Crippen LogP) is 0.563. The third-order valence-corrected chi connectivity index (χ3v) is 3.80. The second kappa shape index (κ2) is 6.61. The minimum atomic E-state index is -0.661. The monoisotopic (exact) mass is 329 g/mol. The van der Waals surface area contributed by atoms with Gasteiger partial charge < -0.3 is 15.5 Å². The van der Waals surface area contributed by atoms with Crippen molar-refractivity contribution >= 4 is 17.6 Å². The molecule has 3 rings (SSSR count). The molecule has 1 aromatic carbocycles. The van der Waals surface area contributed by atoms with Crippen molar-refractivity contribution in [2.75, 3.05) is 24.5 Å². The molecule has 0 bridgehead atoms. The molecule has 2 aromatic rings. The van der Waals surface area contributed by atoms with E-state index in [-0.39, 0.29) is 24.0 Å². The Hall–Kier alpha value is -3.03. The Morgan fingerprint density at radius 1 is 1.21 bits per heavy atom. The van der Waals surface area contributed by atoms with Crippen LogP contribution in [0.1, 0.15) is 16.1 Å². The van der Waals surface area contributed by atoms with Gasteiger partial charge in [0.2, 0.25) is 5.91 Å². The zero-order chi connectivity index (χ0) is 17.1. The van der Waals surface area contributed by atoms with Crippen LogP contribution >= 0.6 is 0 Å². The lowest BCUT2D eigenvalue weighted by atomic mass is 10.2. The lowest BCUT2D eigenvalue weighted by molar-refractivity contribution is -0.131. The van der Waals surface area contributed by atoms with Crippen molar-refractivity contribution in [2.45, 2.75) is 6.54 Å². The summed E-state index contributed by atoms with van der Waals surface area (Å²) in [6, 6.07) is 6.08. The Kier molecular flexibility index (Phi) is 4.37. The summed E-state index contributed by atoms with van der Waals surface area (Å²) in [5.74, 6) is -0.591. The molecule has 7 nitrogen and oxygen atoms in total. The largest absolute Gasteiger partial charge is 0.364 e. The summed E-state index contributed by atoms with van der Waals surface area (Å²) >= 11 is 0. The molecule has 0 aliphatic carbocycles. The van der Waals surface area contributed by atoms with Crippen molar-refractivity contribution < 1.29 is 14.0 Å². The zero-order valence-electron chi connectivity index (χ0n) is 12.9. The van der Waals surface area contributed by atoms with Crippen LogP contribution in [0.2, 0.25) is 0 Å². The first kappa shape index (κ1) is 15.9. The molecule has 2 N–H and O–H groups in total. The average Bonchev–Trinajstić information content (AvgIpc) is 2.58. The molecule has 2 amide bonds. The minimum Gasteiger partial charge on any atom is -0.364 e. The SMILES string of the molecule is NC(=O)c1cncc(N2CCN(Cc3ccc(F)cc3)C(=O)C2)n1. The number of carbonyl (C=O) groups excluding carboxylic acids is 2. The van der Waals surface area contributed by atoms with Crippen molar-refractivity contribution in [2.24, 2.45) is 5.73 Å². The van der Waals surface area contributed by atoms with Gasteiger partial charge in [0.05, 0.1) is 18.9 Å². The molecule has 0 radical (unpaired) electrons. The highest BCUT2D eigenvalue weighted by Crippen LogP contribution is 2.15. The van der Waals surface area contributed by atoms with E-state index in [9.17, 15) is 14.0 Å². The fourth-order valence-corrected chi connectivity index (χ4v) is 2.51. The molecule has 2 heterocycles. The summed E-state index contributed by atoms with van der Waals surface area (Å²) in [4.78, 5) is 35.0. The van der Waals surface area contributed by atoms with Gasteiger partial charge >= 0.3 is 0 Å². The lowest BCUT2D eigenvalue weighted by Gasteiger charge is -2.34. The number of aromatic nitrogens is 2. The summed E-state index contributed by atoms with van der Waals surface area (Å²) < 4.78 is 12.9. The summed E-state index contributed by atoms with van der Waals surface area (Å²) in [6.07, 6.45) is 2.79. The van der Waals surface area contributed by atoms with E-state index in [1.54, 1.807) is 21.9 Å². The second-order valence-electron chi connectivity index (χ2n) is 5.49. The van der Waals surface area contributed by atoms with Gasteiger partial charge in [-0.25, -0.2) is 9.37 Å². The number of nitrogens with zero attached hydrogens (tertiary/aromatic N) is 4. The van der Waals surface area contributed by atoms with Crippen LogP contribution in [0.15, 0.2) is 36.7 Å². The molecular formula is C16H16FN5O2. The zero-order valence-corrected chi connectivity index (χ0v) is 12.9. The molecule has 1 aliphatic heterocycles. The van der Waals surface area contributed by atoms with Crippen LogP contribution in [0.25, 0.3) is 0 Å². The van der Waals surface area contributed by atoms with Crippen molar-refractivity contribution in [3.05, 3.63) is 53.7 Å². The van der Waals surface area contributed by atoms with E-state index in [0.29, 0.717) is 25.5 Å². The Morgan fingerprint density at radius 2 is 1.96 bits per heavy atom. The smallest absolute Gasteiger partial charge is 0.268 e. The van der Waals surface area contributed by atoms with Gasteiger partial charge in [0.25, 0.3) is 5.91 Å². The van der Waals surface area contributed by atoms with Crippen LogP contribution in [0, 0.1) is 5.82 Å². The van der Waals surface area contributed by atoms with Crippen LogP contribution in [0.4, 0.5) is 10.2 Å². The van der Waals surface area contributed by atoms with Gasteiger partial charge in [-0.15, -0.1) is 0 Å². The fraction of sp³-hybridized carbons (Fsp3) is 0.250. The summed E-state index contributed by atoms with van der Waals surface area (Å²) in [7, 11) is 0. The van der Waals surface area contributed by atoms with Gasteiger partial charge in [-0.2, -0.15) is 0 Å². The molecule has 0 spiro atoms. The number of primary amides is 1. The topological polar surface area (TPSA) is 92.4 Å². The van der Waals surface area contributed by atoms with Crippen molar-refractivity contribution in [3.63, 3.8) is 0 Å². The maximum Gasteiger partial charge on any atom is 0.268 e. The van der Waals surface area contributed by atoms with Gasteiger partial charge in [-0.1, -0.05) is 12.1 Å². The molecule has 0 saturated carbocycles. The predicted molar refractivity (Wildman–Crippen MR) is 84.6 cm³/mol. The molecule has 1 fully saturated rings. The fourth-order valence-electron chi connectivity index (χ4n) is 2.51. The Labute approximate surface area is 137 Å². The molecule has 24 heavy (non-hydrogen) atoms. The number of benzene rings is 1. The first-order valence-corrected chi connectivity index (χ1v) is 7.42. The number of carbonyl (C=O) groups is 2. The first-order chi connectivity index (χ1) is 11.5. The van der Waals surface area contributed by atoms with Crippen molar-refractivity contribution in [3.8, 4) is 0 Å². The van der Waals surface area contributed by atoms with E-state index in [2.05, 4.69) is 9.97 Å². The van der Waals surface area contributed by atoms with Gasteiger partial charge in [-0.05, 0) is 17.7 Å². The van der Waals surface area contributed by atoms with Crippen LogP contribution in [-0.4, -0.2) is 46.3 Å². The summed E-state index contributed by atoms with van der Waals surface area (Å²) in [5, 5.41) is 0. The number of hydrogen-bond acceptors (Lipinski definition) is 5. The quantitative estimate of drug-likeness (QED) is 0.885. The number of nitrogens with two attached hydrogens (primary N) is 1. The molecular weight excluding hydrogens is 313 g/mol. The third-order valence-electron chi connectivity index (χ3n) is 3.80. The number of halogens is 1. The highest BCUT2D eigenvalue weighted by atomic mass is 19.1. The van der Waals surface area contributed by atoms with Gasteiger partial charge in [0, 0.05) is 19.6 Å². The number of amides is 2. The molecule has 1 saturated heterocycles. The number of hydrogen-bond donors (Lipinski definition) is 1. The lowest BCUT2D eigenvalue weighted by Crippen LogP contribution is -2.50. The molecule has 8 heteroatoms. The highest BCUT2D eigenvalue weighted by Gasteiger charge is 2.25. The Bertz CT molecular complexity index is 765. The number of rotatable bonds is 4. The van der Waals surface area contributed by atoms with E-state index >= 15 is 0 Å². The molecule has 124 valence electrons. The molecule has 0 atom stereocenters. The van der Waals surface area contributed by atoms with E-state index in [4.69, 9.17) is 5.73 Å². The van der Waals surface area contributed by atoms with Crippen LogP contribution < -0.4 is 10.6 Å². The third kappa shape index (κ3) is 3.48. The van der Waals surface area contributed by atoms with Gasteiger partial charge in [0.15, 0.2) is 0 Å². The van der Waals surface area contributed by atoms with E-state index in [1.807, 2.05) is 0 Å². The Balaban J connectivity index is 1.67. The van der Waals surface area contributed by atoms with Crippen LogP contribution in [-0.2, 0) is 11.3 Å². The maximum atomic E-state index is 12.9. The van der Waals surface area contributed by atoms with Gasteiger partial charge in [-0.3, -0.25) is 14.6 Å². The van der Waals surface area contributed by atoms with Crippen molar-refractivity contribution in [1.82, 2.24) is 14.9 Å². The Morgan fingerprint density at radius 3 is 2.62 bits per heavy atom. The molecule has 1 aromatic heterocycles. The maximum absolute atomic E-state index is 12.9. The first-order valence-electron chi connectivity index (χ1n) is 7.42. The van der Waals surface area contributed by atoms with E-state index < -0.39 is 5.91 Å².